The zero-order valence-electron chi connectivity index (χ0n) is 12.9. The van der Waals surface area contributed by atoms with Crippen LogP contribution in [0.1, 0.15) is 44.6 Å². The zero-order chi connectivity index (χ0) is 15.0. The number of nitrogens with zero attached hydrogens (tertiary/aromatic N) is 4. The van der Waals surface area contributed by atoms with Crippen molar-refractivity contribution in [1.82, 2.24) is 19.5 Å². The summed E-state index contributed by atoms with van der Waals surface area (Å²) in [7, 11) is 0. The minimum absolute atomic E-state index is 0.305. The fourth-order valence-corrected chi connectivity index (χ4v) is 2.71. The Hall–Kier alpha value is -2.17. The summed E-state index contributed by atoms with van der Waals surface area (Å²) in [6.45, 7) is 8.58. The Morgan fingerprint density at radius 1 is 1.24 bits per heavy atom. The van der Waals surface area contributed by atoms with Gasteiger partial charge in [0.25, 0.3) is 5.89 Å². The SMILES string of the molecule is Cc1c(-c2nc(C(C)CC(C)C)no2)ccc2cncn12. The summed E-state index contributed by atoms with van der Waals surface area (Å²) in [6.07, 6.45) is 4.69. The van der Waals surface area contributed by atoms with E-state index in [0.717, 1.165) is 29.0 Å². The summed E-state index contributed by atoms with van der Waals surface area (Å²) in [6, 6.07) is 4.02. The first kappa shape index (κ1) is 13.8. The molecular weight excluding hydrogens is 264 g/mol. The molecule has 3 aromatic rings. The summed E-state index contributed by atoms with van der Waals surface area (Å²) in [5.41, 5.74) is 3.07. The van der Waals surface area contributed by atoms with E-state index >= 15 is 0 Å². The van der Waals surface area contributed by atoms with Crippen molar-refractivity contribution in [3.05, 3.63) is 36.2 Å². The molecule has 0 saturated carbocycles. The molecule has 0 amide bonds. The molecule has 3 rings (SSSR count). The lowest BCUT2D eigenvalue weighted by molar-refractivity contribution is 0.408. The van der Waals surface area contributed by atoms with Gasteiger partial charge in [0.15, 0.2) is 5.82 Å². The molecule has 3 aromatic heterocycles. The summed E-state index contributed by atoms with van der Waals surface area (Å²) < 4.78 is 7.49. The molecule has 0 bridgehead atoms. The summed E-state index contributed by atoms with van der Waals surface area (Å²) in [4.78, 5) is 8.73. The second-order valence-corrected chi connectivity index (χ2v) is 6.01. The van der Waals surface area contributed by atoms with Gasteiger partial charge in [-0.25, -0.2) is 4.98 Å². The molecular formula is C16H20N4O. The second-order valence-electron chi connectivity index (χ2n) is 6.01. The number of aromatic nitrogens is 4. The quantitative estimate of drug-likeness (QED) is 0.730. The first-order valence-electron chi connectivity index (χ1n) is 7.32. The van der Waals surface area contributed by atoms with Crippen molar-refractivity contribution in [2.24, 2.45) is 5.92 Å². The Kier molecular flexibility index (Phi) is 3.49. The third-order valence-corrected chi connectivity index (χ3v) is 3.78. The first-order chi connectivity index (χ1) is 10.1. The Bertz CT molecular complexity index is 757. The summed E-state index contributed by atoms with van der Waals surface area (Å²) in [5.74, 6) is 2.28. The number of hydrogen-bond acceptors (Lipinski definition) is 4. The van der Waals surface area contributed by atoms with E-state index in [1.54, 1.807) is 6.33 Å². The normalized spacial score (nSPS) is 13.2. The molecule has 0 spiro atoms. The zero-order valence-corrected chi connectivity index (χ0v) is 12.9. The van der Waals surface area contributed by atoms with E-state index in [0.29, 0.717) is 17.7 Å². The van der Waals surface area contributed by atoms with Crippen molar-refractivity contribution >= 4 is 5.52 Å². The third-order valence-electron chi connectivity index (χ3n) is 3.78. The lowest BCUT2D eigenvalue weighted by Crippen LogP contribution is -2.01. The third kappa shape index (κ3) is 2.55. The van der Waals surface area contributed by atoms with Crippen LogP contribution in [0.3, 0.4) is 0 Å². The monoisotopic (exact) mass is 284 g/mol. The molecule has 21 heavy (non-hydrogen) atoms. The van der Waals surface area contributed by atoms with E-state index in [2.05, 4.69) is 35.9 Å². The molecule has 0 aliphatic carbocycles. The standard InChI is InChI=1S/C16H20N4O/c1-10(2)7-11(3)15-18-16(21-19-15)14-6-5-13-8-17-9-20(13)12(14)4/h5-6,8-11H,7H2,1-4H3. The second kappa shape index (κ2) is 5.31. The van der Waals surface area contributed by atoms with Crippen molar-refractivity contribution in [1.29, 1.82) is 0 Å². The van der Waals surface area contributed by atoms with Crippen LogP contribution in [0.25, 0.3) is 17.0 Å². The van der Waals surface area contributed by atoms with Crippen LogP contribution in [-0.4, -0.2) is 19.5 Å². The smallest absolute Gasteiger partial charge is 0.259 e. The topological polar surface area (TPSA) is 56.2 Å². The van der Waals surface area contributed by atoms with Crippen LogP contribution in [0.15, 0.2) is 29.2 Å². The number of imidazole rings is 1. The molecule has 0 aromatic carbocycles. The minimum atomic E-state index is 0.305. The predicted molar refractivity (Wildman–Crippen MR) is 81.1 cm³/mol. The molecule has 3 heterocycles. The van der Waals surface area contributed by atoms with Crippen LogP contribution >= 0.6 is 0 Å². The highest BCUT2D eigenvalue weighted by atomic mass is 16.5. The number of hydrogen-bond donors (Lipinski definition) is 0. The fourth-order valence-electron chi connectivity index (χ4n) is 2.71. The Labute approximate surface area is 124 Å². The molecule has 1 atom stereocenters. The summed E-state index contributed by atoms with van der Waals surface area (Å²) in [5, 5.41) is 4.14. The Morgan fingerprint density at radius 3 is 2.81 bits per heavy atom. The van der Waals surface area contributed by atoms with Crippen molar-refractivity contribution in [2.45, 2.75) is 40.0 Å². The van der Waals surface area contributed by atoms with Gasteiger partial charge in [-0.2, -0.15) is 4.98 Å². The molecule has 0 aliphatic heterocycles. The van der Waals surface area contributed by atoms with Crippen molar-refractivity contribution in [3.8, 4) is 11.5 Å². The maximum atomic E-state index is 5.46. The fraction of sp³-hybridized carbons (Fsp3) is 0.438. The van der Waals surface area contributed by atoms with Gasteiger partial charge >= 0.3 is 0 Å². The molecule has 110 valence electrons. The van der Waals surface area contributed by atoms with Gasteiger partial charge in [0, 0.05) is 11.6 Å². The van der Waals surface area contributed by atoms with Gasteiger partial charge in [0.2, 0.25) is 0 Å². The van der Waals surface area contributed by atoms with E-state index < -0.39 is 0 Å². The molecule has 0 N–H and O–H groups in total. The number of rotatable bonds is 4. The van der Waals surface area contributed by atoms with E-state index in [4.69, 9.17) is 4.52 Å². The van der Waals surface area contributed by atoms with E-state index in [1.165, 1.54) is 0 Å². The number of aryl methyl sites for hydroxylation is 1. The number of fused-ring (bicyclic) bond motifs is 1. The van der Waals surface area contributed by atoms with Gasteiger partial charge in [0.1, 0.15) is 0 Å². The van der Waals surface area contributed by atoms with Crippen LogP contribution in [-0.2, 0) is 0 Å². The Morgan fingerprint density at radius 2 is 2.05 bits per heavy atom. The van der Waals surface area contributed by atoms with Crippen molar-refractivity contribution in [3.63, 3.8) is 0 Å². The van der Waals surface area contributed by atoms with Gasteiger partial charge in [0.05, 0.1) is 23.6 Å². The van der Waals surface area contributed by atoms with Gasteiger partial charge in [-0.15, -0.1) is 0 Å². The largest absolute Gasteiger partial charge is 0.334 e. The van der Waals surface area contributed by atoms with Crippen molar-refractivity contribution in [2.75, 3.05) is 0 Å². The molecule has 1 unspecified atom stereocenters. The average molecular weight is 284 g/mol. The molecule has 0 saturated heterocycles. The highest BCUT2D eigenvalue weighted by Gasteiger charge is 2.17. The van der Waals surface area contributed by atoms with Crippen LogP contribution < -0.4 is 0 Å². The van der Waals surface area contributed by atoms with E-state index in [9.17, 15) is 0 Å². The highest BCUT2D eigenvalue weighted by molar-refractivity contribution is 5.61. The predicted octanol–water partition coefficient (Wildman–Crippen LogP) is 3.84. The number of pyridine rings is 1. The average Bonchev–Trinajstić information content (AvgIpc) is 3.07. The van der Waals surface area contributed by atoms with Crippen molar-refractivity contribution < 1.29 is 4.52 Å². The maximum Gasteiger partial charge on any atom is 0.259 e. The van der Waals surface area contributed by atoms with E-state index in [1.807, 2.05) is 29.7 Å². The van der Waals surface area contributed by atoms with Crippen LogP contribution in [0.5, 0.6) is 0 Å². The summed E-state index contributed by atoms with van der Waals surface area (Å²) >= 11 is 0. The highest BCUT2D eigenvalue weighted by Crippen LogP contribution is 2.26. The van der Waals surface area contributed by atoms with Crippen LogP contribution in [0.4, 0.5) is 0 Å². The molecule has 0 radical (unpaired) electrons. The lowest BCUT2D eigenvalue weighted by atomic mass is 9.98. The van der Waals surface area contributed by atoms with Gasteiger partial charge in [-0.05, 0) is 31.4 Å². The molecule has 5 heteroatoms. The molecule has 0 fully saturated rings. The first-order valence-corrected chi connectivity index (χ1v) is 7.32. The van der Waals surface area contributed by atoms with E-state index in [-0.39, 0.29) is 0 Å². The lowest BCUT2D eigenvalue weighted by Gasteiger charge is -2.08. The van der Waals surface area contributed by atoms with Crippen LogP contribution in [0, 0.1) is 12.8 Å². The minimum Gasteiger partial charge on any atom is -0.334 e. The van der Waals surface area contributed by atoms with Gasteiger partial charge in [-0.1, -0.05) is 25.9 Å². The van der Waals surface area contributed by atoms with Gasteiger partial charge < -0.3 is 8.92 Å². The molecule has 5 nitrogen and oxygen atoms in total. The van der Waals surface area contributed by atoms with Gasteiger partial charge in [-0.3, -0.25) is 0 Å². The Balaban J connectivity index is 1.96. The maximum absolute atomic E-state index is 5.46. The molecule has 0 aliphatic rings. The van der Waals surface area contributed by atoms with Crippen LogP contribution in [0.2, 0.25) is 0 Å².